The van der Waals surface area contributed by atoms with Crippen molar-refractivity contribution in [3.05, 3.63) is 11.6 Å². The number of carbonyl (C=O) groups excluding carboxylic acids is 2. The summed E-state index contributed by atoms with van der Waals surface area (Å²) in [5.74, 6) is -2.70. The first-order chi connectivity index (χ1) is 27.0. The van der Waals surface area contributed by atoms with Gasteiger partial charge in [-0.25, -0.2) is 4.79 Å². The van der Waals surface area contributed by atoms with Gasteiger partial charge in [0, 0.05) is 0 Å². The number of allylic oxidation sites excluding steroid dienone is 2. The Labute approximate surface area is 338 Å². The highest BCUT2D eigenvalue weighted by molar-refractivity contribution is 5.79. The van der Waals surface area contributed by atoms with Gasteiger partial charge in [0.1, 0.15) is 49.0 Å². The summed E-state index contributed by atoms with van der Waals surface area (Å²) in [7, 11) is 0. The number of esters is 1. The fraction of sp³-hybridized carbons (Fsp3) is 0.881. The lowest BCUT2D eigenvalue weighted by Crippen LogP contribution is -2.69. The Bertz CT molecular complexity index is 1650. The maximum Gasteiger partial charge on any atom is 0.335 e. The first kappa shape index (κ1) is 44.0. The molecule has 5 aliphatic carbocycles. The Morgan fingerprint density at radius 3 is 2.07 bits per heavy atom. The molecule has 2 aliphatic heterocycles. The minimum atomic E-state index is -1.93. The topological polar surface area (TPSA) is 270 Å². The molecule has 328 valence electrons. The van der Waals surface area contributed by atoms with Gasteiger partial charge >= 0.3 is 11.9 Å². The highest BCUT2D eigenvalue weighted by atomic mass is 16.7. The van der Waals surface area contributed by atoms with Crippen LogP contribution in [0, 0.1) is 50.2 Å². The fourth-order valence-corrected chi connectivity index (χ4v) is 13.5. The Morgan fingerprint density at radius 2 is 1.43 bits per heavy atom. The second-order valence-corrected chi connectivity index (χ2v) is 20.5. The zero-order chi connectivity index (χ0) is 42.7. The Morgan fingerprint density at radius 1 is 0.793 bits per heavy atom. The molecule has 7 aliphatic rings. The van der Waals surface area contributed by atoms with Crippen LogP contribution >= 0.6 is 0 Å². The number of ether oxygens (including phenoxy) is 4. The molecule has 0 aromatic heterocycles. The number of aliphatic hydroxyl groups is 8. The smallest absolute Gasteiger partial charge is 0.335 e. The molecule has 58 heavy (non-hydrogen) atoms. The second kappa shape index (κ2) is 14.8. The first-order valence-corrected chi connectivity index (χ1v) is 20.9. The van der Waals surface area contributed by atoms with Crippen LogP contribution < -0.4 is 0 Å². The monoisotopic (exact) mass is 824 g/mol. The number of fused-ring (bicyclic) bond motifs is 7. The lowest BCUT2D eigenvalue weighted by Gasteiger charge is -2.71. The van der Waals surface area contributed by atoms with Crippen LogP contribution in [0.5, 0.6) is 0 Å². The average molecular weight is 825 g/mol. The van der Waals surface area contributed by atoms with Crippen LogP contribution in [-0.2, 0) is 33.3 Å². The summed E-state index contributed by atoms with van der Waals surface area (Å²) in [5.41, 5.74) is -2.60. The van der Waals surface area contributed by atoms with Crippen molar-refractivity contribution in [3.8, 4) is 0 Å². The van der Waals surface area contributed by atoms with E-state index >= 15 is 0 Å². The van der Waals surface area contributed by atoms with Crippen molar-refractivity contribution in [1.82, 2.24) is 0 Å². The molecule has 0 amide bonds. The molecule has 16 nitrogen and oxygen atoms in total. The van der Waals surface area contributed by atoms with Crippen molar-refractivity contribution in [1.29, 1.82) is 0 Å². The van der Waals surface area contributed by atoms with E-state index in [0.717, 1.165) is 12.7 Å². The minimum Gasteiger partial charge on any atom is -0.479 e. The molecule has 0 spiro atoms. The number of hydrogen-bond donors (Lipinski definition) is 9. The summed E-state index contributed by atoms with van der Waals surface area (Å²) in [4.78, 5) is 39.7. The molecule has 0 aromatic rings. The number of hydrogen-bond acceptors (Lipinski definition) is 15. The molecule has 2 heterocycles. The predicted octanol–water partition coefficient (Wildman–Crippen LogP) is 0.558. The molecule has 7 rings (SSSR count). The number of carboxylic acids is 1. The van der Waals surface area contributed by atoms with Crippen LogP contribution in [-0.4, -0.2) is 144 Å². The van der Waals surface area contributed by atoms with Gasteiger partial charge in [0.05, 0.1) is 29.6 Å². The van der Waals surface area contributed by atoms with E-state index < -0.39 is 114 Å². The van der Waals surface area contributed by atoms with Crippen molar-refractivity contribution in [2.75, 3.05) is 6.61 Å². The molecule has 0 radical (unpaired) electrons. The lowest BCUT2D eigenvalue weighted by atomic mass is 9.33. The fourth-order valence-electron chi connectivity index (χ4n) is 13.5. The summed E-state index contributed by atoms with van der Waals surface area (Å²) in [6, 6.07) is 0. The van der Waals surface area contributed by atoms with Crippen molar-refractivity contribution in [2.24, 2.45) is 50.2 Å². The summed E-state index contributed by atoms with van der Waals surface area (Å²) < 4.78 is 23.1. The van der Waals surface area contributed by atoms with Crippen molar-refractivity contribution >= 4 is 18.2 Å². The molecule has 20 unspecified atom stereocenters. The highest BCUT2D eigenvalue weighted by Crippen LogP contribution is 2.76. The molecule has 0 aromatic carbocycles. The summed E-state index contributed by atoms with van der Waals surface area (Å²) in [6.45, 7) is 12.1. The van der Waals surface area contributed by atoms with E-state index in [9.17, 15) is 60.3 Å². The minimum absolute atomic E-state index is 0.0302. The third kappa shape index (κ3) is 6.29. The maximum atomic E-state index is 14.6. The van der Waals surface area contributed by atoms with Crippen LogP contribution in [0.1, 0.15) is 99.3 Å². The molecule has 16 heteroatoms. The molecular weight excluding hydrogens is 760 g/mol. The van der Waals surface area contributed by atoms with Gasteiger partial charge in [-0.3, -0.25) is 4.79 Å². The van der Waals surface area contributed by atoms with E-state index in [1.807, 2.05) is 0 Å². The average Bonchev–Trinajstić information content (AvgIpc) is 3.16. The maximum absolute atomic E-state index is 14.6. The first-order valence-electron chi connectivity index (χ1n) is 20.9. The van der Waals surface area contributed by atoms with E-state index in [0.29, 0.717) is 44.9 Å². The third-order valence-corrected chi connectivity index (χ3v) is 17.1. The third-order valence-electron chi connectivity index (χ3n) is 17.1. The number of carboxylic acid groups (broad SMARTS) is 1. The Balaban J connectivity index is 1.19. The molecule has 4 saturated carbocycles. The van der Waals surface area contributed by atoms with Crippen molar-refractivity contribution in [2.45, 2.75) is 173 Å². The van der Waals surface area contributed by atoms with Crippen molar-refractivity contribution < 1.29 is 79.3 Å². The molecule has 0 bridgehead atoms. The van der Waals surface area contributed by atoms with Crippen LogP contribution in [0.3, 0.4) is 0 Å². The SMILES string of the molecule is CC1(C)CCC2(C(=O)OC3OC(CO)C(O)C(O)C3O)CCC3(C)C(=CCC4C5(C)CC(O)C(OC6OC(C(=O)O)C(O)C(O)C6O)C(C)(C=O)C5CCC43C)C2C1. The molecular formula is C42H64O16. The van der Waals surface area contributed by atoms with Gasteiger partial charge in [0.15, 0.2) is 12.4 Å². The van der Waals surface area contributed by atoms with Gasteiger partial charge < -0.3 is 69.7 Å². The van der Waals surface area contributed by atoms with Gasteiger partial charge in [-0.1, -0.05) is 53.2 Å². The normalized spacial score (nSPS) is 53.8. The highest BCUT2D eigenvalue weighted by Gasteiger charge is 2.71. The lowest BCUT2D eigenvalue weighted by molar-refractivity contribution is -0.332. The van der Waals surface area contributed by atoms with Gasteiger partial charge in [0.2, 0.25) is 6.29 Å². The summed E-state index contributed by atoms with van der Waals surface area (Å²) in [5, 5.41) is 94.3. The second-order valence-electron chi connectivity index (χ2n) is 20.5. The zero-order valence-electron chi connectivity index (χ0n) is 34.3. The van der Waals surface area contributed by atoms with Gasteiger partial charge in [-0.15, -0.1) is 0 Å². The van der Waals surface area contributed by atoms with E-state index in [1.165, 1.54) is 5.57 Å². The molecule has 2 saturated heterocycles. The zero-order valence-corrected chi connectivity index (χ0v) is 34.3. The van der Waals surface area contributed by atoms with Crippen LogP contribution in [0.25, 0.3) is 0 Å². The number of aldehydes is 1. The van der Waals surface area contributed by atoms with Crippen LogP contribution in [0.15, 0.2) is 11.6 Å². The molecule has 9 N–H and O–H groups in total. The number of aliphatic carboxylic acids is 1. The predicted molar refractivity (Wildman–Crippen MR) is 200 cm³/mol. The summed E-state index contributed by atoms with van der Waals surface area (Å²) >= 11 is 0. The summed E-state index contributed by atoms with van der Waals surface area (Å²) in [6.07, 6.45) is -11.4. The largest absolute Gasteiger partial charge is 0.479 e. The number of aliphatic hydroxyl groups excluding tert-OH is 8. The standard InChI is InChI=1S/C42H64O16/c1-37(2)11-13-42(36(54)58-34-29(50)26(47)25(46)22(17-43)55-34)14-12-40(5)19(20(42)15-37)7-8-24-38(3)16-21(45)32(39(4,18-44)23(38)9-10-41(24,40)6)57-35-30(51)27(48)28(49)31(56-35)33(52)53/h7,18,20-32,34-35,43,45-51H,8-17H2,1-6H3,(H,52,53). The number of carbonyl (C=O) groups is 3. The van der Waals surface area contributed by atoms with Crippen LogP contribution in [0.4, 0.5) is 0 Å². The van der Waals surface area contributed by atoms with E-state index in [1.54, 1.807) is 6.92 Å². The van der Waals surface area contributed by atoms with Crippen LogP contribution in [0.2, 0.25) is 0 Å². The quantitative estimate of drug-likeness (QED) is 0.0735. The van der Waals surface area contributed by atoms with Gasteiger partial charge in [0.25, 0.3) is 0 Å². The van der Waals surface area contributed by atoms with E-state index in [-0.39, 0.29) is 35.0 Å². The molecule has 20 atom stereocenters. The number of rotatable bonds is 7. The van der Waals surface area contributed by atoms with Gasteiger partial charge in [-0.2, -0.15) is 0 Å². The van der Waals surface area contributed by atoms with E-state index in [2.05, 4.69) is 40.7 Å². The van der Waals surface area contributed by atoms with Crippen molar-refractivity contribution in [3.63, 3.8) is 0 Å². The Kier molecular flexibility index (Phi) is 11.2. The Hall–Kier alpha value is -2.09. The van der Waals surface area contributed by atoms with Gasteiger partial charge in [-0.05, 0) is 97.2 Å². The van der Waals surface area contributed by atoms with E-state index in [4.69, 9.17) is 18.9 Å². The molecule has 6 fully saturated rings.